The highest BCUT2D eigenvalue weighted by Crippen LogP contribution is 2.64. The van der Waals surface area contributed by atoms with Gasteiger partial charge in [-0.25, -0.2) is 0 Å². The summed E-state index contributed by atoms with van der Waals surface area (Å²) >= 11 is 0. The van der Waals surface area contributed by atoms with E-state index in [4.69, 9.17) is 4.42 Å². The third-order valence-corrected chi connectivity index (χ3v) is 14.7. The van der Waals surface area contributed by atoms with Crippen molar-refractivity contribution in [3.05, 3.63) is 289 Å². The number of para-hydroxylation sites is 3. The minimum atomic E-state index is -0.538. The molecule has 1 aliphatic heterocycles. The number of nitrogens with zero attached hydrogens (tertiary/aromatic N) is 2. The summed E-state index contributed by atoms with van der Waals surface area (Å²) in [5.74, 6) is 0. The van der Waals surface area contributed by atoms with Crippen LogP contribution in [0, 0.1) is 0 Å². The lowest BCUT2D eigenvalue weighted by Gasteiger charge is -2.45. The number of anilines is 6. The number of furan rings is 1. The average Bonchev–Trinajstić information content (AvgIpc) is 3.95. The Kier molecular flexibility index (Phi) is 9.11. The number of rotatable bonds is 7. The summed E-state index contributed by atoms with van der Waals surface area (Å²) in [5, 5.41) is 2.15. The molecule has 70 heavy (non-hydrogen) atoms. The molecular formula is C67H44N2O. The molecule has 1 aromatic heterocycles. The predicted molar refractivity (Wildman–Crippen MR) is 290 cm³/mol. The van der Waals surface area contributed by atoms with Crippen LogP contribution in [-0.4, -0.2) is 0 Å². The van der Waals surface area contributed by atoms with Crippen molar-refractivity contribution < 1.29 is 4.42 Å². The molecule has 0 atom stereocenters. The molecule has 2 heterocycles. The molecule has 11 aromatic carbocycles. The number of hydrogen-bond acceptors (Lipinski definition) is 3. The van der Waals surface area contributed by atoms with Crippen LogP contribution in [0.25, 0.3) is 66.4 Å². The molecule has 3 heteroatoms. The van der Waals surface area contributed by atoms with Crippen molar-refractivity contribution in [1.29, 1.82) is 0 Å². The standard InChI is InChI=1S/C67H44N2O/c1-4-17-45(18-5-1)47-31-36-51(37-32-47)68(52-38-33-48(34-39-52)46-19-6-2-7-20-46)53-40-42-65-57(44-53)56-43-49(35-41-64(56)70-65)54-24-16-28-61-66(54)55-23-10-11-25-58(55)67(61)59-26-12-14-29-62(59)69(50-21-8-3-9-22-50)63-30-15-13-27-60(63)67/h1-44H. The molecule has 0 amide bonds. The van der Waals surface area contributed by atoms with Crippen molar-refractivity contribution >= 4 is 56.1 Å². The molecule has 1 aliphatic carbocycles. The van der Waals surface area contributed by atoms with E-state index in [-0.39, 0.29) is 0 Å². The Hall–Kier alpha value is -9.18. The van der Waals surface area contributed by atoms with Crippen LogP contribution >= 0.6 is 0 Å². The van der Waals surface area contributed by atoms with Crippen molar-refractivity contribution in [1.82, 2.24) is 0 Å². The van der Waals surface area contributed by atoms with Gasteiger partial charge in [0.2, 0.25) is 0 Å². The van der Waals surface area contributed by atoms with Crippen molar-refractivity contribution in [2.75, 3.05) is 9.80 Å². The van der Waals surface area contributed by atoms with Gasteiger partial charge in [-0.2, -0.15) is 0 Å². The highest BCUT2D eigenvalue weighted by atomic mass is 16.3. The average molecular weight is 893 g/mol. The lowest BCUT2D eigenvalue weighted by Crippen LogP contribution is -2.36. The van der Waals surface area contributed by atoms with E-state index in [1.165, 1.54) is 72.6 Å². The van der Waals surface area contributed by atoms with E-state index in [2.05, 4.69) is 277 Å². The Balaban J connectivity index is 0.928. The Morgan fingerprint density at radius 2 is 0.757 bits per heavy atom. The van der Waals surface area contributed by atoms with Crippen molar-refractivity contribution in [2.24, 2.45) is 0 Å². The van der Waals surface area contributed by atoms with Gasteiger partial charge in [0.15, 0.2) is 0 Å². The zero-order chi connectivity index (χ0) is 46.2. The van der Waals surface area contributed by atoms with Gasteiger partial charge in [0, 0.05) is 33.5 Å². The minimum absolute atomic E-state index is 0.538. The molecule has 12 aromatic rings. The predicted octanol–water partition coefficient (Wildman–Crippen LogP) is 18.2. The molecule has 0 saturated heterocycles. The molecule has 1 spiro atoms. The van der Waals surface area contributed by atoms with Gasteiger partial charge < -0.3 is 14.2 Å². The Bertz CT molecular complexity index is 3800. The van der Waals surface area contributed by atoms with E-state index >= 15 is 0 Å². The smallest absolute Gasteiger partial charge is 0.135 e. The summed E-state index contributed by atoms with van der Waals surface area (Å²) in [6, 6.07) is 97.1. The number of fused-ring (bicyclic) bond motifs is 12. The highest BCUT2D eigenvalue weighted by molar-refractivity contribution is 6.09. The van der Waals surface area contributed by atoms with E-state index in [9.17, 15) is 0 Å². The van der Waals surface area contributed by atoms with Crippen LogP contribution in [0.1, 0.15) is 22.3 Å². The topological polar surface area (TPSA) is 19.6 Å². The summed E-state index contributed by atoms with van der Waals surface area (Å²) in [7, 11) is 0. The van der Waals surface area contributed by atoms with E-state index in [1.807, 2.05) is 0 Å². The Morgan fingerprint density at radius 1 is 0.314 bits per heavy atom. The Morgan fingerprint density at radius 3 is 1.37 bits per heavy atom. The quantitative estimate of drug-likeness (QED) is 0.159. The molecular weight excluding hydrogens is 849 g/mol. The van der Waals surface area contributed by atoms with Gasteiger partial charge in [-0.05, 0) is 146 Å². The number of hydrogen-bond donors (Lipinski definition) is 0. The van der Waals surface area contributed by atoms with Crippen LogP contribution in [0.15, 0.2) is 271 Å². The van der Waals surface area contributed by atoms with Crippen LogP contribution in [0.5, 0.6) is 0 Å². The molecule has 0 saturated carbocycles. The monoisotopic (exact) mass is 892 g/mol. The molecule has 0 bridgehead atoms. The zero-order valence-electron chi connectivity index (χ0n) is 38.2. The van der Waals surface area contributed by atoms with Crippen LogP contribution < -0.4 is 9.80 Å². The molecule has 0 radical (unpaired) electrons. The number of benzene rings is 11. The fourth-order valence-electron chi connectivity index (χ4n) is 11.6. The second kappa shape index (κ2) is 16.0. The first kappa shape index (κ1) is 39.9. The van der Waals surface area contributed by atoms with E-state index in [0.29, 0.717) is 0 Å². The zero-order valence-corrected chi connectivity index (χ0v) is 38.2. The molecule has 14 rings (SSSR count). The normalized spacial score (nSPS) is 12.9. The van der Waals surface area contributed by atoms with Gasteiger partial charge in [0.05, 0.1) is 16.8 Å². The second-order valence-electron chi connectivity index (χ2n) is 18.4. The maximum Gasteiger partial charge on any atom is 0.135 e. The van der Waals surface area contributed by atoms with Crippen LogP contribution in [0.3, 0.4) is 0 Å². The van der Waals surface area contributed by atoms with Gasteiger partial charge in [-0.15, -0.1) is 0 Å². The maximum absolute atomic E-state index is 6.66. The van der Waals surface area contributed by atoms with Crippen molar-refractivity contribution in [3.8, 4) is 44.5 Å². The first-order valence-electron chi connectivity index (χ1n) is 24.1. The second-order valence-corrected chi connectivity index (χ2v) is 18.4. The van der Waals surface area contributed by atoms with Gasteiger partial charge >= 0.3 is 0 Å². The van der Waals surface area contributed by atoms with Gasteiger partial charge in [-0.1, -0.05) is 188 Å². The largest absolute Gasteiger partial charge is 0.456 e. The molecule has 3 nitrogen and oxygen atoms in total. The van der Waals surface area contributed by atoms with Gasteiger partial charge in [0.25, 0.3) is 0 Å². The summed E-state index contributed by atoms with van der Waals surface area (Å²) in [6.45, 7) is 0. The Labute approximate surface area is 407 Å². The van der Waals surface area contributed by atoms with Crippen molar-refractivity contribution in [3.63, 3.8) is 0 Å². The van der Waals surface area contributed by atoms with Gasteiger partial charge in [0.1, 0.15) is 11.2 Å². The molecule has 328 valence electrons. The van der Waals surface area contributed by atoms with Crippen molar-refractivity contribution in [2.45, 2.75) is 5.41 Å². The molecule has 2 aliphatic rings. The fourth-order valence-corrected chi connectivity index (χ4v) is 11.6. The summed E-state index contributed by atoms with van der Waals surface area (Å²) < 4.78 is 6.66. The van der Waals surface area contributed by atoms with Crippen LogP contribution in [0.4, 0.5) is 34.1 Å². The maximum atomic E-state index is 6.66. The summed E-state index contributed by atoms with van der Waals surface area (Å²) in [5.41, 5.74) is 22.7. The summed E-state index contributed by atoms with van der Waals surface area (Å²) in [4.78, 5) is 4.79. The third-order valence-electron chi connectivity index (χ3n) is 14.7. The fraction of sp³-hybridized carbons (Fsp3) is 0.0149. The lowest BCUT2D eigenvalue weighted by molar-refractivity contribution is 0.669. The molecule has 0 N–H and O–H groups in total. The van der Waals surface area contributed by atoms with Gasteiger partial charge in [-0.3, -0.25) is 0 Å². The van der Waals surface area contributed by atoms with E-state index in [0.717, 1.165) is 50.3 Å². The lowest BCUT2D eigenvalue weighted by atomic mass is 9.64. The van der Waals surface area contributed by atoms with Crippen LogP contribution in [-0.2, 0) is 5.41 Å². The van der Waals surface area contributed by atoms with Crippen LogP contribution in [0.2, 0.25) is 0 Å². The van der Waals surface area contributed by atoms with E-state index in [1.54, 1.807) is 0 Å². The minimum Gasteiger partial charge on any atom is -0.456 e. The SMILES string of the molecule is c1ccc(-c2ccc(N(c3ccc(-c4ccccc4)cc3)c3ccc4oc5ccc(-c6cccc7c6-c6ccccc6C76c7ccccc7N(c7ccccc7)c7ccccc76)cc5c4c3)cc2)cc1. The third kappa shape index (κ3) is 6.08. The summed E-state index contributed by atoms with van der Waals surface area (Å²) in [6.07, 6.45) is 0. The highest BCUT2D eigenvalue weighted by Gasteiger charge is 2.52. The molecule has 0 fully saturated rings. The van der Waals surface area contributed by atoms with E-state index < -0.39 is 5.41 Å². The first-order valence-corrected chi connectivity index (χ1v) is 24.1. The first-order chi connectivity index (χ1) is 34.7. The molecule has 0 unspecified atom stereocenters.